The van der Waals surface area contributed by atoms with Crippen LogP contribution in [0.4, 0.5) is 5.69 Å². The number of carbonyl (C=O) groups is 1. The molecule has 0 saturated heterocycles. The Morgan fingerprint density at radius 2 is 1.90 bits per heavy atom. The van der Waals surface area contributed by atoms with Gasteiger partial charge in [-0.25, -0.2) is 0 Å². The van der Waals surface area contributed by atoms with Crippen molar-refractivity contribution in [1.82, 2.24) is 0 Å². The Balaban J connectivity index is 2.59. The molecule has 1 rings (SSSR count). The molecule has 0 fully saturated rings. The quantitative estimate of drug-likeness (QED) is 0.451. The average molecular weight is 301 g/mol. The second kappa shape index (κ2) is 8.04. The molecule has 0 heterocycles. The number of benzene rings is 1. The highest BCUT2D eigenvalue weighted by molar-refractivity contribution is 7.53. The van der Waals surface area contributed by atoms with Crippen LogP contribution in [0, 0.1) is 0 Å². The number of hydrogen-bond acceptors (Lipinski definition) is 5. The zero-order valence-corrected chi connectivity index (χ0v) is 12.8. The lowest BCUT2D eigenvalue weighted by Crippen LogP contribution is -2.05. The van der Waals surface area contributed by atoms with Gasteiger partial charge in [-0.2, -0.15) is 0 Å². The molecule has 0 saturated carbocycles. The van der Waals surface area contributed by atoms with Gasteiger partial charge in [-0.05, 0) is 37.6 Å². The van der Waals surface area contributed by atoms with Gasteiger partial charge in [0.2, 0.25) is 5.91 Å². The lowest BCUT2D eigenvalue weighted by molar-refractivity contribution is -0.114. The normalized spacial score (nSPS) is 13.6. The van der Waals surface area contributed by atoms with Crippen LogP contribution in [0.2, 0.25) is 0 Å². The molecular weight excluding hydrogens is 281 g/mol. The fourth-order valence-corrected chi connectivity index (χ4v) is 2.88. The Labute approximate surface area is 118 Å². The van der Waals surface area contributed by atoms with Crippen molar-refractivity contribution >= 4 is 19.2 Å². The van der Waals surface area contributed by atoms with E-state index >= 15 is 0 Å². The number of nitrogens with one attached hydrogen (secondary N) is 1. The maximum atomic E-state index is 12.2. The summed E-state index contributed by atoms with van der Waals surface area (Å²) in [5.41, 5.74) is 0.645. The Hall–Kier alpha value is -1.36. The second-order valence-electron chi connectivity index (χ2n) is 4.12. The van der Waals surface area contributed by atoms with E-state index in [4.69, 9.17) is 14.1 Å². The third-order valence-electron chi connectivity index (χ3n) is 2.25. The van der Waals surface area contributed by atoms with Crippen LogP contribution in [-0.4, -0.2) is 18.7 Å². The number of carbonyl (C=O) groups excluding carboxylic acids is 1. The number of anilines is 1. The minimum atomic E-state index is -3.21. The molecule has 0 aromatic heterocycles. The summed E-state index contributed by atoms with van der Waals surface area (Å²) in [5, 5.41) is 2.63. The topological polar surface area (TPSA) is 73.9 Å². The molecule has 1 aromatic carbocycles. The van der Waals surface area contributed by atoms with Crippen LogP contribution in [0.1, 0.15) is 27.2 Å². The first-order chi connectivity index (χ1) is 9.49. The van der Waals surface area contributed by atoms with E-state index in [1.807, 2.05) is 6.92 Å². The van der Waals surface area contributed by atoms with Gasteiger partial charge in [0.25, 0.3) is 0 Å². The molecule has 0 radical (unpaired) electrons. The van der Waals surface area contributed by atoms with E-state index in [2.05, 4.69) is 5.32 Å². The van der Waals surface area contributed by atoms with Gasteiger partial charge >= 0.3 is 7.60 Å². The smallest absolute Gasteiger partial charge is 0.329 e. The largest absolute Gasteiger partial charge is 0.369 e. The molecular formula is C13H20NO5P. The van der Waals surface area contributed by atoms with Gasteiger partial charge < -0.3 is 14.7 Å². The van der Waals surface area contributed by atoms with Gasteiger partial charge in [0.05, 0.1) is 12.8 Å². The average Bonchev–Trinajstić information content (AvgIpc) is 2.38. The summed E-state index contributed by atoms with van der Waals surface area (Å²) < 4.78 is 22.3. The Morgan fingerprint density at radius 1 is 1.25 bits per heavy atom. The van der Waals surface area contributed by atoms with Gasteiger partial charge in [-0.15, -0.1) is 0 Å². The molecule has 6 nitrogen and oxygen atoms in total. The van der Waals surface area contributed by atoms with Gasteiger partial charge in [-0.3, -0.25) is 9.36 Å². The second-order valence-corrected chi connectivity index (χ2v) is 6.19. The van der Waals surface area contributed by atoms with E-state index in [0.29, 0.717) is 30.6 Å². The summed E-state index contributed by atoms with van der Waals surface area (Å²) in [4.78, 5) is 15.9. The third kappa shape index (κ3) is 5.74. The maximum absolute atomic E-state index is 12.2. The van der Waals surface area contributed by atoms with Crippen LogP contribution in [0.5, 0.6) is 5.75 Å². The van der Waals surface area contributed by atoms with Gasteiger partial charge in [0, 0.05) is 12.6 Å². The lowest BCUT2D eigenvalue weighted by Gasteiger charge is -2.15. The van der Waals surface area contributed by atoms with Crippen molar-refractivity contribution in [1.29, 1.82) is 0 Å². The molecule has 0 bridgehead atoms. The zero-order valence-electron chi connectivity index (χ0n) is 11.9. The molecule has 1 atom stereocenters. The van der Waals surface area contributed by atoms with Crippen molar-refractivity contribution in [3.05, 3.63) is 24.3 Å². The van der Waals surface area contributed by atoms with E-state index < -0.39 is 7.60 Å². The summed E-state index contributed by atoms with van der Waals surface area (Å²) >= 11 is 0. The van der Waals surface area contributed by atoms with Gasteiger partial charge in [0.1, 0.15) is 0 Å². The van der Waals surface area contributed by atoms with Crippen molar-refractivity contribution in [2.24, 2.45) is 0 Å². The minimum Gasteiger partial charge on any atom is -0.329 e. The molecule has 0 aliphatic carbocycles. The van der Waals surface area contributed by atoms with E-state index in [0.717, 1.165) is 0 Å². The van der Waals surface area contributed by atoms with E-state index in [9.17, 15) is 9.36 Å². The molecule has 1 N–H and O–H groups in total. The highest BCUT2D eigenvalue weighted by Crippen LogP contribution is 2.48. The number of amides is 1. The molecule has 112 valence electrons. The minimum absolute atomic E-state index is 0.154. The zero-order chi connectivity index (χ0) is 15.0. The van der Waals surface area contributed by atoms with Crippen LogP contribution < -0.4 is 10.2 Å². The Morgan fingerprint density at radius 3 is 2.40 bits per heavy atom. The predicted octanol–water partition coefficient (Wildman–Crippen LogP) is 3.60. The van der Waals surface area contributed by atoms with Crippen molar-refractivity contribution in [2.45, 2.75) is 27.2 Å². The SMILES string of the molecule is CCCP(=O)(OCC)OOc1ccc(NC(C)=O)cc1. The van der Waals surface area contributed by atoms with Crippen LogP contribution in [0.15, 0.2) is 24.3 Å². The monoisotopic (exact) mass is 301 g/mol. The van der Waals surface area contributed by atoms with E-state index in [1.54, 1.807) is 31.2 Å². The van der Waals surface area contributed by atoms with Crippen molar-refractivity contribution in [3.63, 3.8) is 0 Å². The molecule has 0 aliphatic rings. The summed E-state index contributed by atoms with van der Waals surface area (Å²) in [5.74, 6) is 0.230. The first-order valence-corrected chi connectivity index (χ1v) is 8.19. The van der Waals surface area contributed by atoms with Crippen molar-refractivity contribution in [3.8, 4) is 5.75 Å². The van der Waals surface area contributed by atoms with Crippen LogP contribution >= 0.6 is 7.60 Å². The number of hydrogen-bond donors (Lipinski definition) is 1. The Bertz CT molecular complexity index is 464. The third-order valence-corrected chi connectivity index (χ3v) is 4.19. The van der Waals surface area contributed by atoms with E-state index in [1.165, 1.54) is 6.92 Å². The predicted molar refractivity (Wildman–Crippen MR) is 76.8 cm³/mol. The molecule has 0 spiro atoms. The highest BCUT2D eigenvalue weighted by atomic mass is 31.2. The van der Waals surface area contributed by atoms with Crippen LogP contribution in [-0.2, 0) is 18.6 Å². The van der Waals surface area contributed by atoms with Crippen molar-refractivity contribution in [2.75, 3.05) is 18.1 Å². The summed E-state index contributed by atoms with van der Waals surface area (Å²) in [6, 6.07) is 6.53. The van der Waals surface area contributed by atoms with Crippen LogP contribution in [0.25, 0.3) is 0 Å². The lowest BCUT2D eigenvalue weighted by atomic mass is 10.3. The van der Waals surface area contributed by atoms with Crippen molar-refractivity contribution < 1.29 is 23.4 Å². The Kier molecular flexibility index (Phi) is 6.71. The maximum Gasteiger partial charge on any atom is 0.369 e. The highest BCUT2D eigenvalue weighted by Gasteiger charge is 2.25. The van der Waals surface area contributed by atoms with E-state index in [-0.39, 0.29) is 5.91 Å². The molecule has 1 amide bonds. The molecule has 20 heavy (non-hydrogen) atoms. The molecule has 1 unspecified atom stereocenters. The first kappa shape index (κ1) is 16.7. The fourth-order valence-electron chi connectivity index (χ4n) is 1.49. The molecule has 1 aromatic rings. The van der Waals surface area contributed by atoms with Gasteiger partial charge in [0.15, 0.2) is 5.75 Å². The summed E-state index contributed by atoms with van der Waals surface area (Å²) in [6.45, 7) is 5.35. The molecule has 0 aliphatic heterocycles. The standard InChI is InChI=1S/C13H20NO5P/c1-4-10-20(16,17-5-2)19-18-13-8-6-12(7-9-13)14-11(3)15/h6-9H,4-5,10H2,1-3H3,(H,14,15). The number of rotatable bonds is 8. The first-order valence-electron chi connectivity index (χ1n) is 6.46. The fraction of sp³-hybridized carbons (Fsp3) is 0.462. The molecule has 7 heteroatoms. The summed E-state index contributed by atoms with van der Waals surface area (Å²) in [6.07, 6.45) is 0.965. The van der Waals surface area contributed by atoms with Crippen LogP contribution in [0.3, 0.4) is 0 Å². The summed E-state index contributed by atoms with van der Waals surface area (Å²) in [7, 11) is -3.21. The van der Waals surface area contributed by atoms with Gasteiger partial charge in [-0.1, -0.05) is 11.6 Å².